The molecule has 15 heteroatoms. The van der Waals surface area contributed by atoms with Gasteiger partial charge in [-0.05, 0) is 51.5 Å². The monoisotopic (exact) mass is 652 g/mol. The molecule has 3 amide bonds. The first-order valence-corrected chi connectivity index (χ1v) is 13.5. The molecule has 0 aliphatic carbocycles. The molecule has 42 heavy (non-hydrogen) atoms. The number of ether oxygens (including phenoxy) is 1. The van der Waals surface area contributed by atoms with Crippen molar-refractivity contribution in [1.29, 1.82) is 0 Å². The van der Waals surface area contributed by atoms with Gasteiger partial charge in [-0.25, -0.2) is 14.6 Å². The fourth-order valence-electron chi connectivity index (χ4n) is 4.58. The minimum Gasteiger partial charge on any atom is -0.465 e. The van der Waals surface area contributed by atoms with Crippen molar-refractivity contribution in [3.63, 3.8) is 0 Å². The average Bonchev–Trinajstić information content (AvgIpc) is 2.86. The molecule has 11 nitrogen and oxygen atoms in total. The third-order valence-electron chi connectivity index (χ3n) is 6.26. The second-order valence-corrected chi connectivity index (χ2v) is 11.6. The number of aromatic nitrogens is 2. The third-order valence-corrected chi connectivity index (χ3v) is 6.75. The van der Waals surface area contributed by atoms with Crippen LogP contribution in [-0.4, -0.2) is 64.1 Å². The maximum atomic E-state index is 13.9. The van der Waals surface area contributed by atoms with Crippen LogP contribution in [0.4, 0.5) is 39.8 Å². The second-order valence-electron chi connectivity index (χ2n) is 10.7. The van der Waals surface area contributed by atoms with E-state index in [1.165, 1.54) is 29.4 Å². The van der Waals surface area contributed by atoms with Gasteiger partial charge >= 0.3 is 18.4 Å². The lowest BCUT2D eigenvalue weighted by atomic mass is 9.93. The largest absolute Gasteiger partial charge is 0.465 e. The van der Waals surface area contributed by atoms with Gasteiger partial charge in [0.05, 0.1) is 40.7 Å². The predicted octanol–water partition coefficient (Wildman–Crippen LogP) is 6.02. The number of nitrogens with one attached hydrogen (secondary N) is 3. The number of hydrogen-bond donors (Lipinski definition) is 4. The maximum absolute atomic E-state index is 13.9. The molecule has 0 radical (unpaired) electrons. The summed E-state index contributed by atoms with van der Waals surface area (Å²) in [6.45, 7) is 4.49. The van der Waals surface area contributed by atoms with E-state index in [9.17, 15) is 32.7 Å². The Kier molecular flexibility index (Phi) is 8.80. The summed E-state index contributed by atoms with van der Waals surface area (Å²) in [5, 5.41) is 17.2. The fourth-order valence-corrected chi connectivity index (χ4v) is 4.93. The van der Waals surface area contributed by atoms with Crippen molar-refractivity contribution in [2.45, 2.75) is 45.0 Å². The lowest BCUT2D eigenvalue weighted by molar-refractivity contribution is -0.177. The van der Waals surface area contributed by atoms with Gasteiger partial charge in [-0.3, -0.25) is 15.1 Å². The van der Waals surface area contributed by atoms with Crippen LogP contribution >= 0.6 is 15.9 Å². The van der Waals surface area contributed by atoms with Crippen molar-refractivity contribution < 1.29 is 37.4 Å². The van der Waals surface area contributed by atoms with Crippen LogP contribution < -0.4 is 20.9 Å². The molecule has 0 saturated carbocycles. The first kappa shape index (κ1) is 30.8. The van der Waals surface area contributed by atoms with E-state index >= 15 is 0 Å². The quantitative estimate of drug-likeness (QED) is 0.262. The number of rotatable bonds is 5. The van der Waals surface area contributed by atoms with Crippen LogP contribution in [0.5, 0.6) is 0 Å². The van der Waals surface area contributed by atoms with Crippen LogP contribution in [0.15, 0.2) is 47.2 Å². The highest BCUT2D eigenvalue weighted by Crippen LogP contribution is 2.37. The van der Waals surface area contributed by atoms with E-state index in [-0.39, 0.29) is 35.7 Å². The molecule has 4 N–H and O–H groups in total. The highest BCUT2D eigenvalue weighted by atomic mass is 79.9. The zero-order valence-corrected chi connectivity index (χ0v) is 24.3. The Morgan fingerprint density at radius 1 is 1.07 bits per heavy atom. The van der Waals surface area contributed by atoms with Crippen molar-refractivity contribution in [1.82, 2.24) is 15.3 Å². The number of alkyl halides is 3. The number of piperidine rings is 1. The van der Waals surface area contributed by atoms with Gasteiger partial charge in [0.2, 0.25) is 0 Å². The molecule has 1 fully saturated rings. The minimum absolute atomic E-state index is 0.00716. The number of fused-ring (bicyclic) bond motifs is 1. The molecule has 3 heterocycles. The number of carbonyl (C=O) groups excluding carboxylic acids is 2. The maximum Gasteiger partial charge on any atom is 0.409 e. The summed E-state index contributed by atoms with van der Waals surface area (Å²) in [7, 11) is 0. The molecule has 3 aromatic rings. The summed E-state index contributed by atoms with van der Waals surface area (Å²) >= 11 is 3.33. The van der Waals surface area contributed by atoms with E-state index in [0.29, 0.717) is 15.4 Å². The molecule has 0 unspecified atom stereocenters. The lowest BCUT2D eigenvalue weighted by Crippen LogP contribution is -2.54. The van der Waals surface area contributed by atoms with Crippen LogP contribution in [0.25, 0.3) is 10.9 Å². The van der Waals surface area contributed by atoms with E-state index in [4.69, 9.17) is 4.74 Å². The van der Waals surface area contributed by atoms with Gasteiger partial charge < -0.3 is 25.4 Å². The Labute approximate surface area is 247 Å². The van der Waals surface area contributed by atoms with Gasteiger partial charge in [-0.15, -0.1) is 0 Å². The number of nitrogens with zero attached hydrogens (tertiary/aromatic N) is 3. The number of hydrogen-bond acceptors (Lipinski definition) is 7. The van der Waals surface area contributed by atoms with E-state index in [1.807, 2.05) is 0 Å². The number of halogens is 4. The number of amides is 3. The molecule has 224 valence electrons. The van der Waals surface area contributed by atoms with Crippen molar-refractivity contribution in [3.05, 3.63) is 52.9 Å². The van der Waals surface area contributed by atoms with Gasteiger partial charge in [0.25, 0.3) is 5.91 Å². The molecule has 2 aromatic heterocycles. The van der Waals surface area contributed by atoms with Crippen LogP contribution in [0.2, 0.25) is 0 Å². The normalized spacial score (nSPS) is 17.5. The number of benzene rings is 1. The molecular weight excluding hydrogens is 625 g/mol. The number of carbonyl (C=O) groups is 3. The van der Waals surface area contributed by atoms with Gasteiger partial charge in [-0.1, -0.05) is 22.0 Å². The molecule has 1 aromatic carbocycles. The Bertz CT molecular complexity index is 1510. The number of carboxylic acid groups (broad SMARTS) is 1. The number of alkyl carbamates (subject to hydrolysis) is 1. The number of anilines is 3. The average molecular weight is 653 g/mol. The first-order chi connectivity index (χ1) is 19.6. The molecule has 4 rings (SSSR count). The first-order valence-electron chi connectivity index (χ1n) is 12.8. The molecule has 1 aliphatic heterocycles. The Morgan fingerprint density at radius 2 is 1.81 bits per heavy atom. The van der Waals surface area contributed by atoms with Gasteiger partial charge in [0.1, 0.15) is 5.60 Å². The van der Waals surface area contributed by atoms with E-state index in [0.717, 1.165) is 0 Å². The second kappa shape index (κ2) is 12.0. The van der Waals surface area contributed by atoms with Crippen LogP contribution in [-0.2, 0) is 4.74 Å². The van der Waals surface area contributed by atoms with Gasteiger partial charge in [0, 0.05) is 29.1 Å². The molecule has 0 bridgehead atoms. The highest BCUT2D eigenvalue weighted by Gasteiger charge is 2.45. The van der Waals surface area contributed by atoms with Crippen LogP contribution in [0, 0.1) is 5.92 Å². The zero-order chi connectivity index (χ0) is 30.8. The predicted molar refractivity (Wildman–Crippen MR) is 153 cm³/mol. The van der Waals surface area contributed by atoms with Crippen LogP contribution in [0.1, 0.15) is 37.7 Å². The summed E-state index contributed by atoms with van der Waals surface area (Å²) < 4.78 is 47.7. The number of pyridine rings is 2. The summed E-state index contributed by atoms with van der Waals surface area (Å²) in [5.41, 5.74) is -0.493. The van der Waals surface area contributed by atoms with Crippen molar-refractivity contribution >= 4 is 62.0 Å². The molecule has 1 saturated heterocycles. The third kappa shape index (κ3) is 7.78. The van der Waals surface area contributed by atoms with E-state index in [2.05, 4.69) is 41.8 Å². The fraction of sp³-hybridized carbons (Fsp3) is 0.370. The summed E-state index contributed by atoms with van der Waals surface area (Å²) in [6.07, 6.45) is -4.54. The SMILES string of the molecule is CC(C)(C)OC(=O)N[C@H]1C[C@@H](C(F)(F)F)CN(c2ccncc2NC(=O)c2nc3cc(Br)ccc3cc2NC(=O)O)C1. The minimum atomic E-state index is -4.55. The van der Waals surface area contributed by atoms with E-state index in [1.54, 1.807) is 39.0 Å². The molecule has 1 aliphatic rings. The van der Waals surface area contributed by atoms with Crippen molar-refractivity contribution in [2.75, 3.05) is 28.6 Å². The summed E-state index contributed by atoms with van der Waals surface area (Å²) in [6, 6.07) is 7.05. The zero-order valence-electron chi connectivity index (χ0n) is 22.8. The van der Waals surface area contributed by atoms with Crippen molar-refractivity contribution in [2.24, 2.45) is 5.92 Å². The van der Waals surface area contributed by atoms with Gasteiger partial charge in [-0.2, -0.15) is 13.2 Å². The summed E-state index contributed by atoms with van der Waals surface area (Å²) in [5.74, 6) is -2.60. The lowest BCUT2D eigenvalue weighted by Gasteiger charge is -2.40. The van der Waals surface area contributed by atoms with Gasteiger partial charge in [0.15, 0.2) is 5.69 Å². The molecule has 0 spiro atoms. The van der Waals surface area contributed by atoms with E-state index < -0.39 is 48.4 Å². The Morgan fingerprint density at radius 3 is 2.48 bits per heavy atom. The Hall–Kier alpha value is -4.14. The highest BCUT2D eigenvalue weighted by molar-refractivity contribution is 9.10. The van der Waals surface area contributed by atoms with Crippen LogP contribution in [0.3, 0.4) is 0 Å². The standard InChI is InChI=1S/C27H28BrF3N6O5/c1-26(2,3)42-25(41)33-17-9-15(27(29,30)31)12-37(13-17)21-6-7-32-11-20(21)35-23(38)22-19(36-24(39)40)8-14-4-5-16(28)10-18(14)34-22/h4-8,10-11,15,17,36H,9,12-13H2,1-3H3,(H,33,41)(H,35,38)(H,39,40)/t15-,17+/m1/s1. The van der Waals surface area contributed by atoms with Crippen molar-refractivity contribution in [3.8, 4) is 0 Å². The smallest absolute Gasteiger partial charge is 0.409 e. The molecular formula is C27H28BrF3N6O5. The summed E-state index contributed by atoms with van der Waals surface area (Å²) in [4.78, 5) is 47.0. The molecule has 2 atom stereocenters. The Balaban J connectivity index is 1.65. The topological polar surface area (TPSA) is 146 Å².